The summed E-state index contributed by atoms with van der Waals surface area (Å²) in [6.45, 7) is 0.425. The Bertz CT molecular complexity index is 606. The second-order valence-corrected chi connectivity index (χ2v) is 4.01. The normalized spacial score (nSPS) is 14.1. The van der Waals surface area contributed by atoms with Gasteiger partial charge in [0.2, 0.25) is 0 Å². The molecule has 0 bridgehead atoms. The van der Waals surface area contributed by atoms with Crippen molar-refractivity contribution in [3.05, 3.63) is 41.7 Å². The molecule has 1 aromatic heterocycles. The number of carbonyl (C=O) groups excluding carboxylic acids is 2. The molecule has 1 aliphatic heterocycles. The predicted octanol–water partition coefficient (Wildman–Crippen LogP) is 0.577. The maximum Gasteiger partial charge on any atom is 0.299 e. The van der Waals surface area contributed by atoms with Gasteiger partial charge in [0, 0.05) is 13.0 Å². The molecule has 0 aliphatic carbocycles. The summed E-state index contributed by atoms with van der Waals surface area (Å²) in [7, 11) is 0. The van der Waals surface area contributed by atoms with E-state index in [2.05, 4.69) is 15.4 Å². The number of nitrogens with one attached hydrogen (secondary N) is 1. The largest absolute Gasteiger partial charge is 0.304 e. The van der Waals surface area contributed by atoms with Crippen molar-refractivity contribution < 1.29 is 9.59 Å². The van der Waals surface area contributed by atoms with E-state index in [4.69, 9.17) is 0 Å². The van der Waals surface area contributed by atoms with Crippen molar-refractivity contribution in [2.75, 3.05) is 11.4 Å². The number of Topliss-reactive ketones (excluding diaryl/α,β-unsaturated/α-hetero) is 1. The second kappa shape index (κ2) is 4.06. The van der Waals surface area contributed by atoms with Crippen LogP contribution in [0.25, 0.3) is 0 Å². The van der Waals surface area contributed by atoms with Gasteiger partial charge in [-0.05, 0) is 12.1 Å². The monoisotopic (exact) mass is 242 g/mol. The van der Waals surface area contributed by atoms with Crippen LogP contribution in [0.2, 0.25) is 0 Å². The Morgan fingerprint density at radius 1 is 1.22 bits per heavy atom. The van der Waals surface area contributed by atoms with Crippen LogP contribution < -0.4 is 4.90 Å². The number of benzene rings is 1. The molecule has 0 radical (unpaired) electrons. The number of H-pyrrole nitrogens is 1. The zero-order valence-electron chi connectivity index (χ0n) is 9.46. The van der Waals surface area contributed by atoms with Gasteiger partial charge in [-0.2, -0.15) is 15.4 Å². The van der Waals surface area contributed by atoms with Crippen molar-refractivity contribution in [1.82, 2.24) is 15.4 Å². The topological polar surface area (TPSA) is 79.0 Å². The van der Waals surface area contributed by atoms with Crippen LogP contribution in [-0.2, 0) is 11.2 Å². The molecule has 2 heterocycles. The van der Waals surface area contributed by atoms with Gasteiger partial charge in [0.25, 0.3) is 11.7 Å². The number of rotatable bonds is 3. The smallest absolute Gasteiger partial charge is 0.299 e. The minimum absolute atomic E-state index is 0.425. The predicted molar refractivity (Wildman–Crippen MR) is 63.2 cm³/mol. The van der Waals surface area contributed by atoms with Gasteiger partial charge in [0.05, 0.1) is 23.1 Å². The van der Waals surface area contributed by atoms with Gasteiger partial charge in [-0.3, -0.25) is 9.59 Å². The highest BCUT2D eigenvalue weighted by atomic mass is 16.2. The van der Waals surface area contributed by atoms with Crippen molar-refractivity contribution >= 4 is 17.4 Å². The van der Waals surface area contributed by atoms with E-state index in [9.17, 15) is 9.59 Å². The number of fused-ring (bicyclic) bond motifs is 1. The second-order valence-electron chi connectivity index (χ2n) is 4.01. The van der Waals surface area contributed by atoms with Gasteiger partial charge in [0.1, 0.15) is 0 Å². The Morgan fingerprint density at radius 3 is 2.83 bits per heavy atom. The van der Waals surface area contributed by atoms with E-state index in [1.54, 1.807) is 24.4 Å². The molecule has 0 atom stereocenters. The minimum Gasteiger partial charge on any atom is -0.304 e. The first kappa shape index (κ1) is 10.6. The zero-order chi connectivity index (χ0) is 12.5. The molecule has 0 unspecified atom stereocenters. The summed E-state index contributed by atoms with van der Waals surface area (Å²) in [5.74, 6) is -0.912. The van der Waals surface area contributed by atoms with E-state index in [1.165, 1.54) is 4.90 Å². The molecule has 0 saturated heterocycles. The molecule has 6 heteroatoms. The lowest BCUT2D eigenvalue weighted by atomic mass is 10.1. The fourth-order valence-electron chi connectivity index (χ4n) is 2.04. The van der Waals surface area contributed by atoms with E-state index in [-0.39, 0.29) is 0 Å². The van der Waals surface area contributed by atoms with Crippen LogP contribution in [0.4, 0.5) is 5.69 Å². The third kappa shape index (κ3) is 1.58. The molecule has 2 aromatic rings. The standard InChI is InChI=1S/C12H10N4O2/c17-11-9-3-1-2-4-10(9)16(12(11)18)6-5-8-7-13-15-14-8/h1-4,7H,5-6H2,(H,13,14,15). The Kier molecular flexibility index (Phi) is 2.40. The Hall–Kier alpha value is -2.50. The van der Waals surface area contributed by atoms with Crippen LogP contribution in [-0.4, -0.2) is 33.6 Å². The summed E-state index contributed by atoms with van der Waals surface area (Å²) >= 11 is 0. The maximum atomic E-state index is 11.9. The average molecular weight is 242 g/mol. The van der Waals surface area contributed by atoms with Gasteiger partial charge in [-0.15, -0.1) is 0 Å². The minimum atomic E-state index is -0.473. The SMILES string of the molecule is O=C1C(=O)N(CCc2cn[nH]n2)c2ccccc21. The van der Waals surface area contributed by atoms with Crippen LogP contribution in [0.15, 0.2) is 30.5 Å². The van der Waals surface area contributed by atoms with Crippen molar-refractivity contribution in [2.45, 2.75) is 6.42 Å². The van der Waals surface area contributed by atoms with Crippen molar-refractivity contribution in [1.29, 1.82) is 0 Å². The van der Waals surface area contributed by atoms with Crippen LogP contribution in [0.3, 0.4) is 0 Å². The molecular weight excluding hydrogens is 232 g/mol. The number of hydrogen-bond donors (Lipinski definition) is 1. The maximum absolute atomic E-state index is 11.9. The number of nitrogens with zero attached hydrogens (tertiary/aromatic N) is 3. The van der Waals surface area contributed by atoms with Gasteiger partial charge < -0.3 is 4.90 Å². The third-order valence-electron chi connectivity index (χ3n) is 2.94. The highest BCUT2D eigenvalue weighted by Gasteiger charge is 2.34. The first-order chi connectivity index (χ1) is 8.77. The van der Waals surface area contributed by atoms with Crippen LogP contribution in [0.1, 0.15) is 16.1 Å². The highest BCUT2D eigenvalue weighted by Crippen LogP contribution is 2.28. The molecule has 1 amide bonds. The summed E-state index contributed by atoms with van der Waals surface area (Å²) < 4.78 is 0. The Balaban J connectivity index is 1.84. The Morgan fingerprint density at radius 2 is 2.06 bits per heavy atom. The third-order valence-corrected chi connectivity index (χ3v) is 2.94. The fourth-order valence-corrected chi connectivity index (χ4v) is 2.04. The van der Waals surface area contributed by atoms with Gasteiger partial charge in [-0.1, -0.05) is 12.1 Å². The Labute approximate surface area is 103 Å². The van der Waals surface area contributed by atoms with Crippen molar-refractivity contribution in [3.63, 3.8) is 0 Å². The number of ketones is 1. The van der Waals surface area contributed by atoms with E-state index in [0.29, 0.717) is 24.2 Å². The van der Waals surface area contributed by atoms with E-state index < -0.39 is 11.7 Å². The molecule has 3 rings (SSSR count). The molecule has 90 valence electrons. The molecule has 0 fully saturated rings. The lowest BCUT2D eigenvalue weighted by Gasteiger charge is -2.15. The lowest BCUT2D eigenvalue weighted by Crippen LogP contribution is -2.31. The molecule has 0 spiro atoms. The summed E-state index contributed by atoms with van der Waals surface area (Å²) in [6.07, 6.45) is 2.16. The van der Waals surface area contributed by atoms with Crippen LogP contribution in [0.5, 0.6) is 0 Å². The number of para-hydroxylation sites is 1. The summed E-state index contributed by atoms with van der Waals surface area (Å²) in [4.78, 5) is 25.1. The number of hydrogen-bond acceptors (Lipinski definition) is 4. The van der Waals surface area contributed by atoms with E-state index >= 15 is 0 Å². The molecule has 18 heavy (non-hydrogen) atoms. The zero-order valence-corrected chi connectivity index (χ0v) is 9.46. The number of aromatic nitrogens is 3. The molecule has 0 saturated carbocycles. The first-order valence-electron chi connectivity index (χ1n) is 5.57. The van der Waals surface area contributed by atoms with Gasteiger partial charge >= 0.3 is 0 Å². The number of aromatic amines is 1. The summed E-state index contributed by atoms with van der Waals surface area (Å²) in [6, 6.07) is 7.02. The highest BCUT2D eigenvalue weighted by molar-refractivity contribution is 6.52. The van der Waals surface area contributed by atoms with Crippen molar-refractivity contribution in [2.24, 2.45) is 0 Å². The molecule has 1 aromatic carbocycles. The summed E-state index contributed by atoms with van der Waals surface area (Å²) in [5.41, 5.74) is 1.92. The van der Waals surface area contributed by atoms with E-state index in [0.717, 1.165) is 5.69 Å². The average Bonchev–Trinajstić information content (AvgIpc) is 2.98. The van der Waals surface area contributed by atoms with Crippen LogP contribution in [0, 0.1) is 0 Å². The number of amides is 1. The van der Waals surface area contributed by atoms with Crippen molar-refractivity contribution in [3.8, 4) is 0 Å². The number of anilines is 1. The fraction of sp³-hybridized carbons (Fsp3) is 0.167. The molecular formula is C12H10N4O2. The molecule has 1 N–H and O–H groups in total. The molecule has 6 nitrogen and oxygen atoms in total. The van der Waals surface area contributed by atoms with Gasteiger partial charge in [0.15, 0.2) is 0 Å². The molecule has 1 aliphatic rings. The first-order valence-corrected chi connectivity index (χ1v) is 5.57. The summed E-state index contributed by atoms with van der Waals surface area (Å²) in [5, 5.41) is 10.1. The van der Waals surface area contributed by atoms with E-state index in [1.807, 2.05) is 6.07 Å². The van der Waals surface area contributed by atoms with Crippen LogP contribution >= 0.6 is 0 Å². The number of carbonyl (C=O) groups is 2. The quantitative estimate of drug-likeness (QED) is 0.798. The van der Waals surface area contributed by atoms with Gasteiger partial charge in [-0.25, -0.2) is 0 Å². The lowest BCUT2D eigenvalue weighted by molar-refractivity contribution is -0.114.